The molecule has 0 spiro atoms. The predicted octanol–water partition coefficient (Wildman–Crippen LogP) is 1.67. The fourth-order valence-electron chi connectivity index (χ4n) is 2.24. The van der Waals surface area contributed by atoms with Crippen LogP contribution in [-0.2, 0) is 4.79 Å². The van der Waals surface area contributed by atoms with Crippen molar-refractivity contribution >= 4 is 5.91 Å². The fourth-order valence-corrected chi connectivity index (χ4v) is 2.24. The summed E-state index contributed by atoms with van der Waals surface area (Å²) in [6.45, 7) is 4.78. The van der Waals surface area contributed by atoms with Gasteiger partial charge >= 0.3 is 0 Å². The molecule has 15 heavy (non-hydrogen) atoms. The molecule has 88 valence electrons. The van der Waals surface area contributed by atoms with Crippen LogP contribution in [0.3, 0.4) is 0 Å². The molecule has 0 aliphatic heterocycles. The summed E-state index contributed by atoms with van der Waals surface area (Å²) >= 11 is 0. The van der Waals surface area contributed by atoms with Gasteiger partial charge in [-0.2, -0.15) is 0 Å². The zero-order chi connectivity index (χ0) is 11.3. The molecule has 1 rings (SSSR count). The van der Waals surface area contributed by atoms with Gasteiger partial charge in [-0.25, -0.2) is 0 Å². The molecule has 1 aliphatic carbocycles. The van der Waals surface area contributed by atoms with Crippen molar-refractivity contribution in [2.75, 3.05) is 6.54 Å². The molecular weight excluding hydrogens is 188 g/mol. The Morgan fingerprint density at radius 3 is 2.73 bits per heavy atom. The molecule has 0 bridgehead atoms. The monoisotopic (exact) mass is 212 g/mol. The van der Waals surface area contributed by atoms with Crippen LogP contribution in [0.4, 0.5) is 0 Å². The predicted molar refractivity (Wildman–Crippen MR) is 62.4 cm³/mol. The van der Waals surface area contributed by atoms with Crippen molar-refractivity contribution < 1.29 is 4.79 Å². The standard InChI is InChI=1S/C12H24N2O/c1-9-5-3-4-6-11(9)14-12(15)10(2)7-8-13/h9-11H,3-8,13H2,1-2H3,(H,14,15). The van der Waals surface area contributed by atoms with Crippen LogP contribution in [0.25, 0.3) is 0 Å². The number of amides is 1. The highest BCUT2D eigenvalue weighted by Crippen LogP contribution is 2.24. The van der Waals surface area contributed by atoms with Crippen molar-refractivity contribution in [2.24, 2.45) is 17.6 Å². The van der Waals surface area contributed by atoms with Crippen LogP contribution in [0.1, 0.15) is 46.0 Å². The van der Waals surface area contributed by atoms with Gasteiger partial charge in [0, 0.05) is 12.0 Å². The summed E-state index contributed by atoms with van der Waals surface area (Å²) in [7, 11) is 0. The van der Waals surface area contributed by atoms with Gasteiger partial charge in [0.05, 0.1) is 0 Å². The molecule has 1 fully saturated rings. The third kappa shape index (κ3) is 3.82. The molecule has 3 N–H and O–H groups in total. The van der Waals surface area contributed by atoms with Crippen molar-refractivity contribution in [3.63, 3.8) is 0 Å². The molecule has 1 amide bonds. The Morgan fingerprint density at radius 1 is 1.47 bits per heavy atom. The molecule has 3 unspecified atom stereocenters. The number of hydrogen-bond donors (Lipinski definition) is 2. The van der Waals surface area contributed by atoms with Gasteiger partial charge in [-0.3, -0.25) is 4.79 Å². The van der Waals surface area contributed by atoms with Gasteiger partial charge in [-0.1, -0.05) is 26.7 Å². The van der Waals surface area contributed by atoms with E-state index < -0.39 is 0 Å². The topological polar surface area (TPSA) is 55.1 Å². The molecule has 0 radical (unpaired) electrons. The van der Waals surface area contributed by atoms with Crippen LogP contribution in [-0.4, -0.2) is 18.5 Å². The van der Waals surface area contributed by atoms with E-state index in [-0.39, 0.29) is 11.8 Å². The molecule has 0 heterocycles. The Kier molecular flexibility index (Phi) is 5.09. The fraction of sp³-hybridized carbons (Fsp3) is 0.917. The van der Waals surface area contributed by atoms with Crippen LogP contribution in [0, 0.1) is 11.8 Å². The van der Waals surface area contributed by atoms with E-state index in [0.717, 1.165) is 12.8 Å². The van der Waals surface area contributed by atoms with E-state index in [1.54, 1.807) is 0 Å². The van der Waals surface area contributed by atoms with E-state index in [2.05, 4.69) is 12.2 Å². The first kappa shape index (κ1) is 12.5. The minimum atomic E-state index is 0.0594. The van der Waals surface area contributed by atoms with E-state index in [4.69, 9.17) is 5.73 Å². The molecule has 0 aromatic heterocycles. The van der Waals surface area contributed by atoms with E-state index in [1.165, 1.54) is 19.3 Å². The molecule has 0 aromatic rings. The van der Waals surface area contributed by atoms with Gasteiger partial charge in [-0.15, -0.1) is 0 Å². The number of rotatable bonds is 4. The second kappa shape index (κ2) is 6.11. The maximum Gasteiger partial charge on any atom is 0.223 e. The van der Waals surface area contributed by atoms with Crippen LogP contribution in [0.2, 0.25) is 0 Å². The zero-order valence-corrected chi connectivity index (χ0v) is 9.96. The van der Waals surface area contributed by atoms with Crippen molar-refractivity contribution in [1.82, 2.24) is 5.32 Å². The average molecular weight is 212 g/mol. The lowest BCUT2D eigenvalue weighted by molar-refractivity contribution is -0.125. The highest BCUT2D eigenvalue weighted by molar-refractivity contribution is 5.78. The van der Waals surface area contributed by atoms with Gasteiger partial charge in [0.2, 0.25) is 5.91 Å². The Bertz CT molecular complexity index is 206. The molecular formula is C12H24N2O. The van der Waals surface area contributed by atoms with Gasteiger partial charge in [-0.05, 0) is 31.7 Å². The van der Waals surface area contributed by atoms with E-state index >= 15 is 0 Å². The Balaban J connectivity index is 2.35. The van der Waals surface area contributed by atoms with Gasteiger partial charge in [0.15, 0.2) is 0 Å². The first-order valence-electron chi connectivity index (χ1n) is 6.15. The third-order valence-corrected chi connectivity index (χ3v) is 3.49. The number of hydrogen-bond acceptors (Lipinski definition) is 2. The second-order valence-electron chi connectivity index (χ2n) is 4.86. The van der Waals surface area contributed by atoms with Gasteiger partial charge < -0.3 is 11.1 Å². The highest BCUT2D eigenvalue weighted by Gasteiger charge is 2.24. The van der Waals surface area contributed by atoms with E-state index in [9.17, 15) is 4.79 Å². The maximum atomic E-state index is 11.8. The molecule has 0 saturated heterocycles. The van der Waals surface area contributed by atoms with Crippen LogP contribution >= 0.6 is 0 Å². The summed E-state index contributed by atoms with van der Waals surface area (Å²) < 4.78 is 0. The minimum Gasteiger partial charge on any atom is -0.353 e. The molecule has 3 heteroatoms. The SMILES string of the molecule is CC(CCN)C(=O)NC1CCCCC1C. The summed E-state index contributed by atoms with van der Waals surface area (Å²) in [6, 6.07) is 0.395. The smallest absolute Gasteiger partial charge is 0.223 e. The lowest BCUT2D eigenvalue weighted by atomic mass is 9.85. The minimum absolute atomic E-state index is 0.0594. The molecule has 3 atom stereocenters. The maximum absolute atomic E-state index is 11.8. The molecule has 0 aromatic carbocycles. The number of carbonyl (C=O) groups is 1. The summed E-state index contributed by atoms with van der Waals surface area (Å²) in [6.07, 6.45) is 5.73. The highest BCUT2D eigenvalue weighted by atomic mass is 16.1. The lowest BCUT2D eigenvalue weighted by Gasteiger charge is -2.30. The first-order chi connectivity index (χ1) is 7.15. The summed E-state index contributed by atoms with van der Waals surface area (Å²) in [5.41, 5.74) is 5.45. The average Bonchev–Trinajstić information content (AvgIpc) is 2.21. The third-order valence-electron chi connectivity index (χ3n) is 3.49. The number of carbonyl (C=O) groups excluding carboxylic acids is 1. The molecule has 1 aliphatic rings. The Labute approximate surface area is 92.8 Å². The number of nitrogens with two attached hydrogens (primary N) is 1. The van der Waals surface area contributed by atoms with Crippen molar-refractivity contribution in [3.8, 4) is 0 Å². The quantitative estimate of drug-likeness (QED) is 0.744. The Hall–Kier alpha value is -0.570. The van der Waals surface area contributed by atoms with Crippen molar-refractivity contribution in [1.29, 1.82) is 0 Å². The summed E-state index contributed by atoms with van der Waals surface area (Å²) in [5.74, 6) is 0.871. The Morgan fingerprint density at radius 2 is 2.13 bits per heavy atom. The molecule has 1 saturated carbocycles. The largest absolute Gasteiger partial charge is 0.353 e. The zero-order valence-electron chi connectivity index (χ0n) is 9.96. The number of nitrogens with one attached hydrogen (secondary N) is 1. The van der Waals surface area contributed by atoms with Crippen molar-refractivity contribution in [2.45, 2.75) is 52.0 Å². The van der Waals surface area contributed by atoms with Crippen molar-refractivity contribution in [3.05, 3.63) is 0 Å². The van der Waals surface area contributed by atoms with Crippen LogP contribution < -0.4 is 11.1 Å². The first-order valence-corrected chi connectivity index (χ1v) is 6.15. The lowest BCUT2D eigenvalue weighted by Crippen LogP contribution is -2.43. The van der Waals surface area contributed by atoms with Crippen LogP contribution in [0.15, 0.2) is 0 Å². The van der Waals surface area contributed by atoms with Gasteiger partial charge in [0.1, 0.15) is 0 Å². The summed E-state index contributed by atoms with van der Waals surface area (Å²) in [4.78, 5) is 11.8. The van der Waals surface area contributed by atoms with E-state index in [0.29, 0.717) is 18.5 Å². The van der Waals surface area contributed by atoms with Gasteiger partial charge in [0.25, 0.3) is 0 Å². The molecule has 3 nitrogen and oxygen atoms in total. The van der Waals surface area contributed by atoms with Crippen LogP contribution in [0.5, 0.6) is 0 Å². The summed E-state index contributed by atoms with van der Waals surface area (Å²) in [5, 5.41) is 3.16. The second-order valence-corrected chi connectivity index (χ2v) is 4.86. The van der Waals surface area contributed by atoms with E-state index in [1.807, 2.05) is 6.92 Å². The normalized spacial score (nSPS) is 28.5.